The molecule has 2 aliphatic rings. The molecule has 1 amide bonds. The van der Waals surface area contributed by atoms with Gasteiger partial charge in [0.1, 0.15) is 18.0 Å². The van der Waals surface area contributed by atoms with E-state index in [1.165, 1.54) is 8.28 Å². The lowest BCUT2D eigenvalue weighted by molar-refractivity contribution is -0.670. The third kappa shape index (κ3) is 6.80. The van der Waals surface area contributed by atoms with Crippen LogP contribution >= 0.6 is 0 Å². The number of hydrogen-bond acceptors (Lipinski definition) is 7. The normalized spacial score (nSPS) is 19.5. The maximum Gasteiger partial charge on any atom is 0.485 e. The number of alkyl halides is 3. The van der Waals surface area contributed by atoms with E-state index in [2.05, 4.69) is 0 Å². The first-order chi connectivity index (χ1) is 14.8. The summed E-state index contributed by atoms with van der Waals surface area (Å²) < 4.78 is 94.0. The predicted molar refractivity (Wildman–Crippen MR) is 107 cm³/mol. The minimum absolute atomic E-state index is 0.0320. The molecule has 3 heterocycles. The fourth-order valence-corrected chi connectivity index (χ4v) is 4.81. The van der Waals surface area contributed by atoms with E-state index >= 15 is 0 Å². The van der Waals surface area contributed by atoms with Crippen LogP contribution in [-0.4, -0.2) is 77.9 Å². The molecular weight excluding hydrogens is 493 g/mol. The van der Waals surface area contributed by atoms with E-state index in [0.717, 1.165) is 12.8 Å². The van der Waals surface area contributed by atoms with Crippen molar-refractivity contribution in [3.63, 3.8) is 0 Å². The lowest BCUT2D eigenvalue weighted by atomic mass is 9.72. The van der Waals surface area contributed by atoms with Crippen molar-refractivity contribution in [2.45, 2.75) is 44.7 Å². The van der Waals surface area contributed by atoms with Crippen molar-refractivity contribution in [2.75, 3.05) is 26.2 Å². The Hall–Kier alpha value is -1.91. The lowest BCUT2D eigenvalue weighted by Crippen LogP contribution is -2.62. The van der Waals surface area contributed by atoms with Gasteiger partial charge in [-0.25, -0.2) is 17.8 Å². The molecule has 0 saturated carbocycles. The van der Waals surface area contributed by atoms with Crippen LogP contribution in [0.5, 0.6) is 0 Å². The second-order valence-electron chi connectivity index (χ2n) is 9.05. The minimum Gasteiger partial charge on any atom is -0.741 e. The van der Waals surface area contributed by atoms with E-state index in [4.69, 9.17) is 17.7 Å². The van der Waals surface area contributed by atoms with Gasteiger partial charge < -0.3 is 14.2 Å². The summed E-state index contributed by atoms with van der Waals surface area (Å²) in [6, 6.07) is 0. The van der Waals surface area contributed by atoms with E-state index in [-0.39, 0.29) is 11.5 Å². The smallest absolute Gasteiger partial charge is 0.485 e. The maximum atomic E-state index is 12.6. The zero-order valence-corrected chi connectivity index (χ0v) is 20.2. The van der Waals surface area contributed by atoms with Crippen molar-refractivity contribution in [3.05, 3.63) is 18.7 Å². The van der Waals surface area contributed by atoms with Gasteiger partial charge in [-0.3, -0.25) is 0 Å². The quantitative estimate of drug-likeness (QED) is 0.320. The Morgan fingerprint density at radius 3 is 1.94 bits per heavy atom. The molecule has 0 bridgehead atoms. The summed E-state index contributed by atoms with van der Waals surface area (Å²) >= 11 is 0. The summed E-state index contributed by atoms with van der Waals surface area (Å²) in [6.07, 6.45) is 6.04. The zero-order valence-electron chi connectivity index (χ0n) is 18.6. The van der Waals surface area contributed by atoms with Crippen molar-refractivity contribution in [1.29, 1.82) is 0 Å². The number of aromatic nitrogens is 2. The van der Waals surface area contributed by atoms with Gasteiger partial charge in [0, 0.05) is 31.6 Å². The molecule has 0 aliphatic carbocycles. The molecule has 0 radical (unpaired) electrons. The molecule has 0 aromatic carbocycles. The lowest BCUT2D eigenvalue weighted by Gasteiger charge is -2.53. The number of likely N-dealkylation sites (tertiary alicyclic amines) is 1. The average Bonchev–Trinajstić information content (AvgIpc) is 3.04. The van der Waals surface area contributed by atoms with Crippen LogP contribution in [0, 0.1) is 5.41 Å². The summed E-state index contributed by atoms with van der Waals surface area (Å²) in [5, 5.41) is 0. The molecular formula is C17H27F3N4O7S2. The van der Waals surface area contributed by atoms with E-state index in [1.807, 2.05) is 20.8 Å². The predicted octanol–water partition coefficient (Wildman–Crippen LogP) is 0.790. The van der Waals surface area contributed by atoms with Gasteiger partial charge in [0.05, 0.1) is 7.05 Å². The Kier molecular flexibility index (Phi) is 7.48. The van der Waals surface area contributed by atoms with Crippen LogP contribution in [0.3, 0.4) is 0 Å². The molecule has 1 aromatic heterocycles. The monoisotopic (exact) mass is 520 g/mol. The number of ether oxygens (including phenoxy) is 1. The SMILES string of the molecule is C[n+]1ccn(S(=O)(=O)N2CCC3(CC2)CN(C(=O)OC(C)(C)C)C3)c1.O=S(=O)([O-])C(F)(F)F. The van der Waals surface area contributed by atoms with Gasteiger partial charge in [-0.1, -0.05) is 0 Å². The summed E-state index contributed by atoms with van der Waals surface area (Å²) in [7, 11) is -7.81. The maximum absolute atomic E-state index is 12.6. The number of rotatable bonds is 2. The van der Waals surface area contributed by atoms with Crippen LogP contribution in [0.15, 0.2) is 18.7 Å². The first-order valence-electron chi connectivity index (χ1n) is 9.80. The Bertz CT molecular complexity index is 1060. The molecule has 1 spiro atoms. The van der Waals surface area contributed by atoms with Gasteiger partial charge in [-0.2, -0.15) is 25.9 Å². The van der Waals surface area contributed by atoms with Gasteiger partial charge in [-0.05, 0) is 33.6 Å². The third-order valence-corrected chi connectivity index (χ3v) is 7.44. The highest BCUT2D eigenvalue weighted by atomic mass is 32.2. The molecule has 0 N–H and O–H groups in total. The number of imidazole rings is 1. The fraction of sp³-hybridized carbons (Fsp3) is 0.765. The summed E-state index contributed by atoms with van der Waals surface area (Å²) in [6.45, 7) is 7.81. The highest BCUT2D eigenvalue weighted by Gasteiger charge is 2.49. The summed E-state index contributed by atoms with van der Waals surface area (Å²) in [4.78, 5) is 13.8. The van der Waals surface area contributed by atoms with Crippen LogP contribution in [0.4, 0.5) is 18.0 Å². The van der Waals surface area contributed by atoms with Crippen molar-refractivity contribution in [1.82, 2.24) is 13.2 Å². The second-order valence-corrected chi connectivity index (χ2v) is 12.3. The third-order valence-electron chi connectivity index (χ3n) is 5.11. The van der Waals surface area contributed by atoms with E-state index < -0.39 is 31.4 Å². The molecule has 2 fully saturated rings. The number of amides is 1. The standard InChI is InChI=1S/C16H27N4O4S.CHF3O3S/c1-15(2,3)24-14(21)18-11-16(12-18)5-7-19(8-6-16)25(22,23)20-10-9-17(4)13-20;2-1(3,4)8(5,6)7/h9-10,13H,5-8,11-12H2,1-4H3;(H,5,6,7)/q+1;/p-1. The molecule has 1 aromatic rings. The number of hydrogen-bond donors (Lipinski definition) is 0. The Balaban J connectivity index is 0.000000414. The van der Waals surface area contributed by atoms with Crippen molar-refractivity contribution >= 4 is 26.4 Å². The average molecular weight is 521 g/mol. The van der Waals surface area contributed by atoms with Gasteiger partial charge in [0.25, 0.3) is 6.33 Å². The van der Waals surface area contributed by atoms with Crippen molar-refractivity contribution in [3.8, 4) is 0 Å². The van der Waals surface area contributed by atoms with Gasteiger partial charge in [0.15, 0.2) is 10.1 Å². The largest absolute Gasteiger partial charge is 0.741 e. The number of aryl methyl sites for hydroxylation is 1. The number of carbonyl (C=O) groups excluding carboxylic acids is 1. The highest BCUT2D eigenvalue weighted by Crippen LogP contribution is 2.41. The van der Waals surface area contributed by atoms with Crippen LogP contribution in [-0.2, 0) is 32.1 Å². The summed E-state index contributed by atoms with van der Waals surface area (Å²) in [5.74, 6) is 0. The number of halogens is 3. The topological polar surface area (TPSA) is 133 Å². The first-order valence-corrected chi connectivity index (χ1v) is 12.6. The molecule has 11 nitrogen and oxygen atoms in total. The van der Waals surface area contributed by atoms with E-state index in [0.29, 0.717) is 26.2 Å². The molecule has 33 heavy (non-hydrogen) atoms. The van der Waals surface area contributed by atoms with Gasteiger partial charge in [0.2, 0.25) is 0 Å². The molecule has 2 saturated heterocycles. The van der Waals surface area contributed by atoms with Gasteiger partial charge >= 0.3 is 21.8 Å². The zero-order chi connectivity index (χ0) is 25.5. The molecule has 3 rings (SSSR count). The van der Waals surface area contributed by atoms with Crippen LogP contribution in [0.2, 0.25) is 0 Å². The van der Waals surface area contributed by atoms with Crippen molar-refractivity contribution < 1.29 is 48.7 Å². The highest BCUT2D eigenvalue weighted by molar-refractivity contribution is 7.87. The minimum atomic E-state index is -6.09. The molecule has 0 atom stereocenters. The van der Waals surface area contributed by atoms with Crippen LogP contribution < -0.4 is 4.57 Å². The summed E-state index contributed by atoms with van der Waals surface area (Å²) in [5.41, 5.74) is -6.11. The Labute approximate surface area is 190 Å². The van der Waals surface area contributed by atoms with E-state index in [1.54, 1.807) is 35.2 Å². The van der Waals surface area contributed by atoms with Crippen LogP contribution in [0.25, 0.3) is 0 Å². The number of nitrogens with zero attached hydrogens (tertiary/aromatic N) is 4. The van der Waals surface area contributed by atoms with Crippen LogP contribution in [0.1, 0.15) is 33.6 Å². The van der Waals surface area contributed by atoms with Gasteiger partial charge in [-0.15, -0.1) is 3.97 Å². The Morgan fingerprint density at radius 1 is 1.09 bits per heavy atom. The number of piperidine rings is 1. The molecule has 0 unspecified atom stereocenters. The Morgan fingerprint density at radius 2 is 1.58 bits per heavy atom. The van der Waals surface area contributed by atoms with E-state index in [9.17, 15) is 26.4 Å². The molecule has 16 heteroatoms. The second kappa shape index (κ2) is 9.03. The first kappa shape index (κ1) is 27.3. The molecule has 190 valence electrons. The van der Waals surface area contributed by atoms with Crippen molar-refractivity contribution in [2.24, 2.45) is 12.5 Å². The fourth-order valence-electron chi connectivity index (χ4n) is 3.42. The number of carbonyl (C=O) groups is 1. The molecule has 2 aliphatic heterocycles.